The summed E-state index contributed by atoms with van der Waals surface area (Å²) in [7, 11) is 0. The van der Waals surface area contributed by atoms with Gasteiger partial charge in [-0.15, -0.1) is 0 Å². The molecular weight excluding hydrogens is 232 g/mol. The van der Waals surface area contributed by atoms with Gasteiger partial charge < -0.3 is 15.0 Å². The van der Waals surface area contributed by atoms with Crippen LogP contribution in [0.1, 0.15) is 36.2 Å². The van der Waals surface area contributed by atoms with Crippen LogP contribution in [0, 0.1) is 0 Å². The minimum Gasteiger partial charge on any atom is -0.395 e. The highest BCUT2D eigenvalue weighted by Crippen LogP contribution is 2.24. The lowest BCUT2D eigenvalue weighted by molar-refractivity contribution is 0.0631. The van der Waals surface area contributed by atoms with Crippen molar-refractivity contribution in [2.24, 2.45) is 0 Å². The van der Waals surface area contributed by atoms with Crippen molar-refractivity contribution in [3.05, 3.63) is 34.2 Å². The molecule has 1 aromatic heterocycles. The van der Waals surface area contributed by atoms with Crippen LogP contribution in [0.3, 0.4) is 0 Å². The largest absolute Gasteiger partial charge is 0.395 e. The van der Waals surface area contributed by atoms with E-state index >= 15 is 0 Å². The van der Waals surface area contributed by atoms with Gasteiger partial charge in [-0.2, -0.15) is 0 Å². The molecule has 1 fully saturated rings. The Morgan fingerprint density at radius 1 is 1.39 bits per heavy atom. The molecule has 18 heavy (non-hydrogen) atoms. The number of aliphatic hydroxyl groups excluding tert-OH is 1. The summed E-state index contributed by atoms with van der Waals surface area (Å²) in [6.07, 6.45) is 4.18. The van der Waals surface area contributed by atoms with Gasteiger partial charge in [0.05, 0.1) is 6.61 Å². The molecule has 0 saturated heterocycles. The van der Waals surface area contributed by atoms with Gasteiger partial charge in [-0.25, -0.2) is 0 Å². The van der Waals surface area contributed by atoms with Crippen LogP contribution in [0.5, 0.6) is 0 Å². The second kappa shape index (κ2) is 5.82. The van der Waals surface area contributed by atoms with E-state index in [4.69, 9.17) is 5.11 Å². The first-order chi connectivity index (χ1) is 8.72. The van der Waals surface area contributed by atoms with Crippen LogP contribution in [0.2, 0.25) is 0 Å². The van der Waals surface area contributed by atoms with Crippen molar-refractivity contribution in [3.63, 3.8) is 0 Å². The smallest absolute Gasteiger partial charge is 0.270 e. The number of nitrogens with zero attached hydrogens (tertiary/aromatic N) is 1. The van der Waals surface area contributed by atoms with Crippen molar-refractivity contribution in [1.29, 1.82) is 0 Å². The monoisotopic (exact) mass is 250 g/mol. The van der Waals surface area contributed by atoms with E-state index in [0.29, 0.717) is 12.2 Å². The molecule has 1 amide bonds. The predicted molar refractivity (Wildman–Crippen MR) is 67.4 cm³/mol. The molecule has 1 aliphatic rings. The fourth-order valence-electron chi connectivity index (χ4n) is 2.50. The second-order valence-electron chi connectivity index (χ2n) is 4.59. The number of aliphatic hydroxyl groups is 1. The normalized spacial score (nSPS) is 15.8. The molecule has 0 radical (unpaired) electrons. The molecular formula is C13H18N2O3. The Balaban J connectivity index is 2.19. The molecule has 0 unspecified atom stereocenters. The molecule has 0 aliphatic heterocycles. The topological polar surface area (TPSA) is 73.4 Å². The number of pyridine rings is 1. The Kier molecular flexibility index (Phi) is 4.15. The van der Waals surface area contributed by atoms with Gasteiger partial charge in [0.1, 0.15) is 5.69 Å². The van der Waals surface area contributed by atoms with Gasteiger partial charge >= 0.3 is 0 Å². The first-order valence-electron chi connectivity index (χ1n) is 6.33. The average Bonchev–Trinajstić information content (AvgIpc) is 2.89. The van der Waals surface area contributed by atoms with Crippen LogP contribution in [0.4, 0.5) is 0 Å². The standard InChI is InChI=1S/C13H18N2O3/c16-9-8-15(10-4-1-2-5-10)13(18)11-6-3-7-12(17)14-11/h3,6-7,10,16H,1-2,4-5,8-9H2,(H,14,17). The van der Waals surface area contributed by atoms with Crippen LogP contribution in [-0.4, -0.2) is 40.1 Å². The van der Waals surface area contributed by atoms with E-state index in [-0.39, 0.29) is 24.1 Å². The maximum atomic E-state index is 12.3. The van der Waals surface area contributed by atoms with Crippen molar-refractivity contribution < 1.29 is 9.90 Å². The molecule has 2 N–H and O–H groups in total. The third-order valence-electron chi connectivity index (χ3n) is 3.37. The Labute approximate surface area is 105 Å². The van der Waals surface area contributed by atoms with Crippen LogP contribution in [0.25, 0.3) is 0 Å². The van der Waals surface area contributed by atoms with Crippen molar-refractivity contribution in [1.82, 2.24) is 9.88 Å². The third kappa shape index (κ3) is 2.79. The quantitative estimate of drug-likeness (QED) is 0.828. The summed E-state index contributed by atoms with van der Waals surface area (Å²) in [4.78, 5) is 27.8. The Bertz CT molecular complexity index is 463. The molecule has 0 spiro atoms. The van der Waals surface area contributed by atoms with Crippen LogP contribution >= 0.6 is 0 Å². The average molecular weight is 250 g/mol. The van der Waals surface area contributed by atoms with Crippen LogP contribution < -0.4 is 5.56 Å². The van der Waals surface area contributed by atoms with Crippen LogP contribution in [0.15, 0.2) is 23.0 Å². The summed E-state index contributed by atoms with van der Waals surface area (Å²) in [6.45, 7) is 0.264. The van der Waals surface area contributed by atoms with Crippen molar-refractivity contribution in [3.8, 4) is 0 Å². The molecule has 0 atom stereocenters. The predicted octanol–water partition coefficient (Wildman–Crippen LogP) is 0.752. The maximum Gasteiger partial charge on any atom is 0.270 e. The SMILES string of the molecule is O=C(c1cccc(=O)[nH]1)N(CCO)C1CCCC1. The lowest BCUT2D eigenvalue weighted by Gasteiger charge is -2.28. The van der Waals surface area contributed by atoms with E-state index in [1.54, 1.807) is 17.0 Å². The van der Waals surface area contributed by atoms with E-state index in [0.717, 1.165) is 25.7 Å². The molecule has 1 aromatic rings. The zero-order valence-corrected chi connectivity index (χ0v) is 10.3. The minimum absolute atomic E-state index is 0.0562. The van der Waals surface area contributed by atoms with E-state index < -0.39 is 0 Å². The molecule has 0 aromatic carbocycles. The van der Waals surface area contributed by atoms with Crippen LogP contribution in [-0.2, 0) is 0 Å². The van der Waals surface area contributed by atoms with E-state index in [9.17, 15) is 9.59 Å². The molecule has 2 rings (SSSR count). The Hall–Kier alpha value is -1.62. The van der Waals surface area contributed by atoms with Gasteiger partial charge in [0.2, 0.25) is 5.56 Å². The minimum atomic E-state index is -0.281. The summed E-state index contributed by atoms with van der Waals surface area (Å²) in [5.41, 5.74) is 0.0130. The summed E-state index contributed by atoms with van der Waals surface area (Å²) in [6, 6.07) is 4.73. The zero-order valence-electron chi connectivity index (χ0n) is 10.3. The van der Waals surface area contributed by atoms with Gasteiger partial charge in [0.15, 0.2) is 0 Å². The molecule has 1 saturated carbocycles. The third-order valence-corrected chi connectivity index (χ3v) is 3.37. The summed E-state index contributed by atoms with van der Waals surface area (Å²) < 4.78 is 0. The second-order valence-corrected chi connectivity index (χ2v) is 4.59. The number of H-pyrrole nitrogens is 1. The lowest BCUT2D eigenvalue weighted by atomic mass is 10.2. The molecule has 1 heterocycles. The van der Waals surface area contributed by atoms with Gasteiger partial charge in [-0.1, -0.05) is 18.9 Å². The number of hydrogen-bond donors (Lipinski definition) is 2. The molecule has 0 bridgehead atoms. The van der Waals surface area contributed by atoms with E-state index in [1.165, 1.54) is 6.07 Å². The number of rotatable bonds is 4. The first kappa shape index (κ1) is 12.8. The number of carbonyl (C=O) groups is 1. The summed E-state index contributed by atoms with van der Waals surface area (Å²) >= 11 is 0. The molecule has 98 valence electrons. The van der Waals surface area contributed by atoms with Gasteiger partial charge in [0, 0.05) is 18.7 Å². The number of nitrogens with one attached hydrogen (secondary N) is 1. The zero-order chi connectivity index (χ0) is 13.0. The number of carbonyl (C=O) groups excluding carboxylic acids is 1. The highest BCUT2D eigenvalue weighted by Gasteiger charge is 2.27. The summed E-state index contributed by atoms with van der Waals surface area (Å²) in [5.74, 6) is -0.200. The number of hydrogen-bond acceptors (Lipinski definition) is 3. The molecule has 5 heteroatoms. The highest BCUT2D eigenvalue weighted by molar-refractivity contribution is 5.92. The maximum absolute atomic E-state index is 12.3. The molecule has 1 aliphatic carbocycles. The number of aromatic amines is 1. The molecule has 5 nitrogen and oxygen atoms in total. The number of aromatic nitrogens is 1. The fraction of sp³-hybridized carbons (Fsp3) is 0.538. The Morgan fingerprint density at radius 3 is 2.72 bits per heavy atom. The van der Waals surface area contributed by atoms with Gasteiger partial charge in [-0.3, -0.25) is 9.59 Å². The van der Waals surface area contributed by atoms with Gasteiger partial charge in [0.25, 0.3) is 5.91 Å². The number of amides is 1. The van der Waals surface area contributed by atoms with Gasteiger partial charge in [-0.05, 0) is 18.9 Å². The first-order valence-corrected chi connectivity index (χ1v) is 6.33. The lowest BCUT2D eigenvalue weighted by Crippen LogP contribution is -2.41. The van der Waals surface area contributed by atoms with Crippen molar-refractivity contribution >= 4 is 5.91 Å². The van der Waals surface area contributed by atoms with Crippen molar-refractivity contribution in [2.75, 3.05) is 13.2 Å². The van der Waals surface area contributed by atoms with E-state index in [2.05, 4.69) is 4.98 Å². The fourth-order valence-corrected chi connectivity index (χ4v) is 2.50. The Morgan fingerprint density at radius 2 is 2.11 bits per heavy atom. The highest BCUT2D eigenvalue weighted by atomic mass is 16.3. The summed E-state index contributed by atoms with van der Waals surface area (Å²) in [5, 5.41) is 9.08. The van der Waals surface area contributed by atoms with E-state index in [1.807, 2.05) is 0 Å². The van der Waals surface area contributed by atoms with Crippen molar-refractivity contribution in [2.45, 2.75) is 31.7 Å².